The van der Waals surface area contributed by atoms with E-state index in [1.807, 2.05) is 43.3 Å². The minimum Gasteiger partial charge on any atom is -0.378 e. The maximum Gasteiger partial charge on any atom is 0.324 e. The highest BCUT2D eigenvalue weighted by atomic mass is 16.6. The van der Waals surface area contributed by atoms with Gasteiger partial charge in [0.2, 0.25) is 5.52 Å². The monoisotopic (exact) mass is 391 g/mol. The van der Waals surface area contributed by atoms with Gasteiger partial charge in [0.25, 0.3) is 0 Å². The number of hydrogen-bond donors (Lipinski definition) is 2. The van der Waals surface area contributed by atoms with Crippen molar-refractivity contribution in [1.29, 1.82) is 0 Å². The van der Waals surface area contributed by atoms with Gasteiger partial charge in [0.15, 0.2) is 5.52 Å². The largest absolute Gasteiger partial charge is 0.378 e. The Morgan fingerprint density at radius 3 is 2.41 bits per heavy atom. The molecule has 10 nitrogen and oxygen atoms in total. The van der Waals surface area contributed by atoms with E-state index in [9.17, 15) is 10.1 Å². The van der Waals surface area contributed by atoms with E-state index in [2.05, 4.69) is 25.9 Å². The molecule has 2 N–H and O–H groups in total. The normalized spacial score (nSPS) is 10.7. The minimum atomic E-state index is -0.520. The Bertz CT molecular complexity index is 1160. The zero-order valence-corrected chi connectivity index (χ0v) is 15.7. The number of aromatic nitrogens is 3. The van der Waals surface area contributed by atoms with Crippen LogP contribution in [0.2, 0.25) is 0 Å². The quantitative estimate of drug-likeness (QED) is 0.370. The highest BCUT2D eigenvalue weighted by Gasteiger charge is 2.26. The first-order valence-corrected chi connectivity index (χ1v) is 8.69. The molecule has 0 aliphatic carbocycles. The molecule has 146 valence electrons. The molecule has 2 aromatic carbocycles. The van der Waals surface area contributed by atoms with E-state index in [4.69, 9.17) is 4.63 Å². The van der Waals surface area contributed by atoms with Crippen LogP contribution in [-0.2, 0) is 0 Å². The van der Waals surface area contributed by atoms with Crippen LogP contribution in [0.15, 0.2) is 59.4 Å². The Hall–Kier alpha value is -4.21. The molecule has 0 unspecified atom stereocenters. The van der Waals surface area contributed by atoms with Crippen LogP contribution in [0.5, 0.6) is 0 Å². The highest BCUT2D eigenvalue weighted by Crippen LogP contribution is 2.39. The summed E-state index contributed by atoms with van der Waals surface area (Å²) in [6, 6.07) is 14.6. The van der Waals surface area contributed by atoms with Gasteiger partial charge in [0.1, 0.15) is 11.5 Å². The third-order valence-electron chi connectivity index (χ3n) is 4.28. The Kier molecular flexibility index (Phi) is 4.65. The predicted octanol–water partition coefficient (Wildman–Crippen LogP) is 4.08. The first-order chi connectivity index (χ1) is 14.0. The number of nitrogens with zero attached hydrogens (tertiary/aromatic N) is 5. The van der Waals surface area contributed by atoms with Crippen molar-refractivity contribution in [3.05, 3.63) is 64.8 Å². The topological polar surface area (TPSA) is 122 Å². The molecule has 10 heteroatoms. The van der Waals surface area contributed by atoms with E-state index in [-0.39, 0.29) is 22.4 Å². The van der Waals surface area contributed by atoms with Crippen molar-refractivity contribution in [3.8, 4) is 0 Å². The second kappa shape index (κ2) is 7.43. The summed E-state index contributed by atoms with van der Waals surface area (Å²) in [5.41, 5.74) is 2.65. The molecular weight excluding hydrogens is 374 g/mol. The van der Waals surface area contributed by atoms with Crippen LogP contribution in [-0.4, -0.2) is 34.3 Å². The summed E-state index contributed by atoms with van der Waals surface area (Å²) in [7, 11) is 3.91. The fraction of sp³-hybridized carbons (Fsp3) is 0.105. The maximum absolute atomic E-state index is 11.7. The van der Waals surface area contributed by atoms with Gasteiger partial charge in [-0.25, -0.2) is 9.61 Å². The van der Waals surface area contributed by atoms with Crippen LogP contribution >= 0.6 is 0 Å². The molecule has 0 amide bonds. The number of nitro benzene ring substituents is 1. The van der Waals surface area contributed by atoms with Gasteiger partial charge in [-0.1, -0.05) is 6.07 Å². The van der Waals surface area contributed by atoms with Gasteiger partial charge < -0.3 is 15.5 Å². The molecular formula is C19H17N7O3. The lowest BCUT2D eigenvalue weighted by atomic mass is 10.1. The lowest BCUT2D eigenvalue weighted by Crippen LogP contribution is -2.08. The van der Waals surface area contributed by atoms with Crippen molar-refractivity contribution in [2.24, 2.45) is 0 Å². The molecule has 2 heterocycles. The SMILES string of the molecule is CN(C)c1ccc(Nc2cc(Nc3ccccn3)c([N+](=O)[O-])c3nonc23)cc1. The van der Waals surface area contributed by atoms with E-state index in [0.29, 0.717) is 11.5 Å². The fourth-order valence-corrected chi connectivity index (χ4v) is 2.88. The van der Waals surface area contributed by atoms with E-state index in [1.54, 1.807) is 30.5 Å². The molecule has 0 fully saturated rings. The van der Waals surface area contributed by atoms with Crippen LogP contribution in [0.3, 0.4) is 0 Å². The number of fused-ring (bicyclic) bond motifs is 1. The molecule has 29 heavy (non-hydrogen) atoms. The van der Waals surface area contributed by atoms with Gasteiger partial charge in [0, 0.05) is 31.7 Å². The number of rotatable bonds is 6. The average Bonchev–Trinajstić information content (AvgIpc) is 3.18. The van der Waals surface area contributed by atoms with Crippen LogP contribution in [0, 0.1) is 10.1 Å². The van der Waals surface area contributed by atoms with Gasteiger partial charge in [-0.3, -0.25) is 10.1 Å². The fourth-order valence-electron chi connectivity index (χ4n) is 2.88. The van der Waals surface area contributed by atoms with Crippen LogP contribution in [0.1, 0.15) is 0 Å². The predicted molar refractivity (Wildman–Crippen MR) is 110 cm³/mol. The lowest BCUT2D eigenvalue weighted by molar-refractivity contribution is -0.382. The summed E-state index contributed by atoms with van der Waals surface area (Å²) < 4.78 is 4.80. The summed E-state index contributed by atoms with van der Waals surface area (Å²) in [4.78, 5) is 17.3. The first kappa shape index (κ1) is 18.2. The number of pyridine rings is 1. The number of benzene rings is 2. The summed E-state index contributed by atoms with van der Waals surface area (Å²) in [5.74, 6) is 0.465. The molecule has 0 atom stereocenters. The van der Waals surface area contributed by atoms with Gasteiger partial charge in [-0.15, -0.1) is 0 Å². The van der Waals surface area contributed by atoms with E-state index in [1.165, 1.54) is 0 Å². The van der Waals surface area contributed by atoms with E-state index < -0.39 is 4.92 Å². The first-order valence-electron chi connectivity index (χ1n) is 8.69. The van der Waals surface area contributed by atoms with E-state index in [0.717, 1.165) is 11.4 Å². The van der Waals surface area contributed by atoms with Crippen molar-refractivity contribution in [2.45, 2.75) is 0 Å². The third-order valence-corrected chi connectivity index (χ3v) is 4.28. The molecule has 0 bridgehead atoms. The van der Waals surface area contributed by atoms with Crippen molar-refractivity contribution >= 4 is 45.3 Å². The molecule has 0 radical (unpaired) electrons. The second-order valence-electron chi connectivity index (χ2n) is 6.45. The smallest absolute Gasteiger partial charge is 0.324 e. The van der Waals surface area contributed by atoms with Crippen LogP contribution < -0.4 is 15.5 Å². The second-order valence-corrected chi connectivity index (χ2v) is 6.45. The molecule has 2 aromatic heterocycles. The van der Waals surface area contributed by atoms with Crippen molar-refractivity contribution < 1.29 is 9.55 Å². The van der Waals surface area contributed by atoms with Crippen LogP contribution in [0.25, 0.3) is 11.0 Å². The Labute approximate surface area is 165 Å². The summed E-state index contributed by atoms with van der Waals surface area (Å²) in [6.07, 6.45) is 1.59. The van der Waals surface area contributed by atoms with Crippen molar-refractivity contribution in [3.63, 3.8) is 0 Å². The molecule has 0 saturated carbocycles. The molecule has 0 aliphatic rings. The average molecular weight is 391 g/mol. The Balaban J connectivity index is 1.78. The lowest BCUT2D eigenvalue weighted by Gasteiger charge is -2.14. The van der Waals surface area contributed by atoms with Gasteiger partial charge in [-0.05, 0) is 52.8 Å². The number of anilines is 5. The highest BCUT2D eigenvalue weighted by molar-refractivity contribution is 6.01. The van der Waals surface area contributed by atoms with E-state index >= 15 is 0 Å². The zero-order valence-electron chi connectivity index (χ0n) is 15.7. The zero-order chi connectivity index (χ0) is 20.4. The van der Waals surface area contributed by atoms with Crippen molar-refractivity contribution in [2.75, 3.05) is 29.6 Å². The minimum absolute atomic E-state index is 0.0448. The van der Waals surface area contributed by atoms with Gasteiger partial charge in [0.05, 0.1) is 10.6 Å². The number of nitrogens with one attached hydrogen (secondary N) is 2. The van der Waals surface area contributed by atoms with Crippen LogP contribution in [0.4, 0.5) is 34.3 Å². The number of hydrogen-bond acceptors (Lipinski definition) is 9. The van der Waals surface area contributed by atoms with Gasteiger partial charge in [-0.2, -0.15) is 0 Å². The van der Waals surface area contributed by atoms with Gasteiger partial charge >= 0.3 is 5.69 Å². The number of nitro groups is 1. The standard InChI is InChI=1S/C19H17N7O3/c1-25(2)13-8-6-12(7-9-13)21-14-11-15(22-16-5-3-4-10-20-16)19(26(27)28)18-17(14)23-29-24-18/h3-11,21H,1-2H3,(H,20,22). The molecule has 4 aromatic rings. The molecule has 0 spiro atoms. The van der Waals surface area contributed by atoms with Crippen molar-refractivity contribution in [1.82, 2.24) is 15.3 Å². The summed E-state index contributed by atoms with van der Waals surface area (Å²) in [6.45, 7) is 0. The summed E-state index contributed by atoms with van der Waals surface area (Å²) in [5, 5.41) is 25.5. The molecule has 4 rings (SSSR count). The Morgan fingerprint density at radius 1 is 1.00 bits per heavy atom. The molecule has 0 saturated heterocycles. The third kappa shape index (κ3) is 3.63. The summed E-state index contributed by atoms with van der Waals surface area (Å²) >= 11 is 0. The molecule has 0 aliphatic heterocycles. The Morgan fingerprint density at radius 2 is 1.76 bits per heavy atom. The maximum atomic E-state index is 11.7.